The summed E-state index contributed by atoms with van der Waals surface area (Å²) in [6.45, 7) is 5.77. The SMILES string of the molecule is CC1(C)CN(C(=O)c2ccccc2CCc2ccccc2)CCC1N. The fourth-order valence-corrected chi connectivity index (χ4v) is 3.59. The van der Waals surface area contributed by atoms with Gasteiger partial charge >= 0.3 is 0 Å². The number of hydrogen-bond acceptors (Lipinski definition) is 2. The Labute approximate surface area is 150 Å². The van der Waals surface area contributed by atoms with E-state index in [0.29, 0.717) is 0 Å². The molecule has 0 saturated carbocycles. The number of benzene rings is 2. The normalized spacial score (nSPS) is 19.6. The summed E-state index contributed by atoms with van der Waals surface area (Å²) in [6, 6.07) is 18.6. The first-order valence-electron chi connectivity index (χ1n) is 9.14. The first-order valence-corrected chi connectivity index (χ1v) is 9.14. The van der Waals surface area contributed by atoms with E-state index in [1.165, 1.54) is 5.56 Å². The van der Waals surface area contributed by atoms with Crippen LogP contribution >= 0.6 is 0 Å². The number of nitrogens with two attached hydrogens (primary N) is 1. The van der Waals surface area contributed by atoms with E-state index >= 15 is 0 Å². The molecule has 0 aliphatic carbocycles. The van der Waals surface area contributed by atoms with Gasteiger partial charge in [-0.2, -0.15) is 0 Å². The van der Waals surface area contributed by atoms with Crippen molar-refractivity contribution in [1.82, 2.24) is 4.90 Å². The number of carbonyl (C=O) groups excluding carboxylic acids is 1. The number of piperidine rings is 1. The lowest BCUT2D eigenvalue weighted by molar-refractivity contribution is 0.0532. The highest BCUT2D eigenvalue weighted by Crippen LogP contribution is 2.29. The van der Waals surface area contributed by atoms with E-state index in [9.17, 15) is 4.79 Å². The van der Waals surface area contributed by atoms with Gasteiger partial charge in [-0.3, -0.25) is 4.79 Å². The van der Waals surface area contributed by atoms with Gasteiger partial charge in [0.1, 0.15) is 0 Å². The summed E-state index contributed by atoms with van der Waals surface area (Å²) in [5, 5.41) is 0. The number of hydrogen-bond donors (Lipinski definition) is 1. The van der Waals surface area contributed by atoms with Crippen LogP contribution in [-0.2, 0) is 12.8 Å². The number of carbonyl (C=O) groups is 1. The number of likely N-dealkylation sites (tertiary alicyclic amines) is 1. The molecule has 2 aromatic carbocycles. The Morgan fingerprint density at radius 2 is 1.76 bits per heavy atom. The van der Waals surface area contributed by atoms with Gasteiger partial charge in [-0.1, -0.05) is 62.4 Å². The Hall–Kier alpha value is -2.13. The highest BCUT2D eigenvalue weighted by Gasteiger charge is 2.35. The number of nitrogens with zero attached hydrogens (tertiary/aromatic N) is 1. The van der Waals surface area contributed by atoms with Crippen LogP contribution in [0.2, 0.25) is 0 Å². The Morgan fingerprint density at radius 3 is 2.48 bits per heavy atom. The highest BCUT2D eigenvalue weighted by molar-refractivity contribution is 5.95. The summed E-state index contributed by atoms with van der Waals surface area (Å²) >= 11 is 0. The van der Waals surface area contributed by atoms with Crippen molar-refractivity contribution < 1.29 is 4.79 Å². The Bertz CT molecular complexity index is 724. The van der Waals surface area contributed by atoms with Gasteiger partial charge in [0.2, 0.25) is 0 Å². The molecule has 1 amide bonds. The predicted octanol–water partition coefficient (Wildman–Crippen LogP) is 3.67. The molecule has 1 aliphatic rings. The summed E-state index contributed by atoms with van der Waals surface area (Å²) in [7, 11) is 0. The summed E-state index contributed by atoms with van der Waals surface area (Å²) < 4.78 is 0. The van der Waals surface area contributed by atoms with E-state index in [0.717, 1.165) is 43.5 Å². The topological polar surface area (TPSA) is 46.3 Å². The molecule has 1 atom stereocenters. The summed E-state index contributed by atoms with van der Waals surface area (Å²) in [4.78, 5) is 15.1. The maximum absolute atomic E-state index is 13.1. The molecule has 1 saturated heterocycles. The number of rotatable bonds is 4. The maximum atomic E-state index is 13.1. The van der Waals surface area contributed by atoms with Crippen molar-refractivity contribution in [2.45, 2.75) is 39.2 Å². The lowest BCUT2D eigenvalue weighted by Crippen LogP contribution is -2.54. The minimum Gasteiger partial charge on any atom is -0.338 e. The highest BCUT2D eigenvalue weighted by atomic mass is 16.2. The van der Waals surface area contributed by atoms with Crippen LogP contribution in [0.25, 0.3) is 0 Å². The molecule has 0 bridgehead atoms. The molecule has 0 spiro atoms. The van der Waals surface area contributed by atoms with Crippen LogP contribution in [0, 0.1) is 5.41 Å². The first-order chi connectivity index (χ1) is 12.0. The minimum atomic E-state index is -0.0348. The molecular weight excluding hydrogens is 308 g/mol. The van der Waals surface area contributed by atoms with Crippen molar-refractivity contribution in [3.8, 4) is 0 Å². The lowest BCUT2D eigenvalue weighted by Gasteiger charge is -2.42. The summed E-state index contributed by atoms with van der Waals surface area (Å²) in [5.74, 6) is 0.142. The minimum absolute atomic E-state index is 0.0348. The van der Waals surface area contributed by atoms with Crippen molar-refractivity contribution in [2.24, 2.45) is 11.1 Å². The zero-order chi connectivity index (χ0) is 17.9. The van der Waals surface area contributed by atoms with E-state index in [4.69, 9.17) is 5.73 Å². The van der Waals surface area contributed by atoms with Gasteiger partial charge in [-0.15, -0.1) is 0 Å². The molecule has 1 unspecified atom stereocenters. The molecule has 132 valence electrons. The van der Waals surface area contributed by atoms with Gasteiger partial charge < -0.3 is 10.6 Å². The molecule has 2 aromatic rings. The van der Waals surface area contributed by atoms with Crippen LogP contribution < -0.4 is 5.73 Å². The molecule has 3 heteroatoms. The van der Waals surface area contributed by atoms with E-state index in [1.54, 1.807) is 0 Å². The van der Waals surface area contributed by atoms with Gasteiger partial charge in [0.25, 0.3) is 5.91 Å². The van der Waals surface area contributed by atoms with Gasteiger partial charge in [0.15, 0.2) is 0 Å². The Balaban J connectivity index is 1.75. The van der Waals surface area contributed by atoms with Crippen LogP contribution in [0.5, 0.6) is 0 Å². The smallest absolute Gasteiger partial charge is 0.254 e. The number of aryl methyl sites for hydroxylation is 2. The van der Waals surface area contributed by atoms with Gasteiger partial charge in [0, 0.05) is 24.7 Å². The largest absolute Gasteiger partial charge is 0.338 e. The van der Waals surface area contributed by atoms with E-state index in [-0.39, 0.29) is 17.4 Å². The fourth-order valence-electron chi connectivity index (χ4n) is 3.59. The molecular formula is C22H28N2O. The Kier molecular flexibility index (Phi) is 5.24. The first kappa shape index (κ1) is 17.7. The van der Waals surface area contributed by atoms with Crippen molar-refractivity contribution in [1.29, 1.82) is 0 Å². The molecule has 0 radical (unpaired) electrons. The molecule has 0 aromatic heterocycles. The van der Waals surface area contributed by atoms with Crippen LogP contribution in [-0.4, -0.2) is 29.9 Å². The maximum Gasteiger partial charge on any atom is 0.254 e. The molecule has 3 nitrogen and oxygen atoms in total. The average molecular weight is 336 g/mol. The van der Waals surface area contributed by atoms with Crippen LogP contribution in [0.3, 0.4) is 0 Å². The fraction of sp³-hybridized carbons (Fsp3) is 0.409. The average Bonchev–Trinajstić information content (AvgIpc) is 2.63. The Morgan fingerprint density at radius 1 is 1.08 bits per heavy atom. The predicted molar refractivity (Wildman–Crippen MR) is 103 cm³/mol. The van der Waals surface area contributed by atoms with Gasteiger partial charge in [0.05, 0.1) is 0 Å². The molecule has 1 aliphatic heterocycles. The second-order valence-electron chi connectivity index (χ2n) is 7.75. The van der Waals surface area contributed by atoms with Crippen molar-refractivity contribution in [3.05, 3.63) is 71.3 Å². The van der Waals surface area contributed by atoms with Crippen LogP contribution in [0.4, 0.5) is 0 Å². The number of amides is 1. The lowest BCUT2D eigenvalue weighted by atomic mass is 9.79. The zero-order valence-corrected chi connectivity index (χ0v) is 15.2. The summed E-state index contributed by atoms with van der Waals surface area (Å²) in [6.07, 6.45) is 2.69. The van der Waals surface area contributed by atoms with Crippen LogP contribution in [0.1, 0.15) is 41.8 Å². The summed E-state index contributed by atoms with van der Waals surface area (Å²) in [5.41, 5.74) is 9.45. The molecule has 25 heavy (non-hydrogen) atoms. The second-order valence-corrected chi connectivity index (χ2v) is 7.75. The van der Waals surface area contributed by atoms with Crippen molar-refractivity contribution >= 4 is 5.91 Å². The zero-order valence-electron chi connectivity index (χ0n) is 15.2. The third kappa shape index (κ3) is 4.10. The third-order valence-corrected chi connectivity index (χ3v) is 5.37. The second kappa shape index (κ2) is 7.40. The third-order valence-electron chi connectivity index (χ3n) is 5.37. The molecule has 1 fully saturated rings. The standard InChI is InChI=1S/C22H28N2O/c1-22(2)16-24(15-14-20(22)23)21(25)19-11-7-6-10-18(19)13-12-17-8-4-3-5-9-17/h3-11,20H,12-16,23H2,1-2H3. The van der Waals surface area contributed by atoms with Crippen molar-refractivity contribution in [3.63, 3.8) is 0 Å². The van der Waals surface area contributed by atoms with Gasteiger partial charge in [-0.25, -0.2) is 0 Å². The van der Waals surface area contributed by atoms with Gasteiger partial charge in [-0.05, 0) is 41.9 Å². The molecule has 1 heterocycles. The van der Waals surface area contributed by atoms with E-state index in [1.807, 2.05) is 29.2 Å². The monoisotopic (exact) mass is 336 g/mol. The quantitative estimate of drug-likeness (QED) is 0.926. The van der Waals surface area contributed by atoms with Crippen molar-refractivity contribution in [2.75, 3.05) is 13.1 Å². The van der Waals surface area contributed by atoms with E-state index in [2.05, 4.69) is 44.2 Å². The van der Waals surface area contributed by atoms with E-state index < -0.39 is 0 Å². The molecule has 2 N–H and O–H groups in total. The molecule has 3 rings (SSSR count). The van der Waals surface area contributed by atoms with Crippen LogP contribution in [0.15, 0.2) is 54.6 Å².